The fourth-order valence-electron chi connectivity index (χ4n) is 3.40. The zero-order valence-electron chi connectivity index (χ0n) is 17.6. The first-order chi connectivity index (χ1) is 15.4. The van der Waals surface area contributed by atoms with Gasteiger partial charge in [-0.05, 0) is 41.7 Å². The largest absolute Gasteiger partial charge is 0.479 e. The van der Waals surface area contributed by atoms with Crippen LogP contribution in [-0.4, -0.2) is 39.4 Å². The van der Waals surface area contributed by atoms with Crippen LogP contribution in [-0.2, 0) is 17.6 Å². The summed E-state index contributed by atoms with van der Waals surface area (Å²) in [4.78, 5) is 23.7. The summed E-state index contributed by atoms with van der Waals surface area (Å²) in [6, 6.07) is 16.1. The van der Waals surface area contributed by atoms with E-state index in [0.29, 0.717) is 23.6 Å². The van der Waals surface area contributed by atoms with Gasteiger partial charge in [0.05, 0.1) is 5.69 Å². The molecule has 168 valence electrons. The van der Waals surface area contributed by atoms with Crippen LogP contribution < -0.4 is 5.32 Å². The number of aliphatic carboxylic acids is 1. The Balaban J connectivity index is 1.73. The van der Waals surface area contributed by atoms with Gasteiger partial charge in [0, 0.05) is 23.6 Å². The number of amides is 1. The summed E-state index contributed by atoms with van der Waals surface area (Å²) >= 11 is 6.06. The van der Waals surface area contributed by atoms with Gasteiger partial charge in [-0.1, -0.05) is 66.5 Å². The SMILES string of the molecule is CCCc1cc(C(=O)N[C@H](Cc2ccc(-c3cccc(Cl)c3)cc2)C[C@@H](O)C(=O)O)on1. The van der Waals surface area contributed by atoms with Crippen molar-refractivity contribution in [1.82, 2.24) is 10.5 Å². The Hall–Kier alpha value is -3.16. The smallest absolute Gasteiger partial charge is 0.332 e. The number of aliphatic hydroxyl groups is 1. The summed E-state index contributed by atoms with van der Waals surface area (Å²) in [7, 11) is 0. The number of hydrogen-bond donors (Lipinski definition) is 3. The first-order valence-corrected chi connectivity index (χ1v) is 10.8. The molecule has 7 nitrogen and oxygen atoms in total. The van der Waals surface area contributed by atoms with Crippen molar-refractivity contribution in [3.05, 3.63) is 76.6 Å². The molecule has 2 atom stereocenters. The molecule has 3 N–H and O–H groups in total. The highest BCUT2D eigenvalue weighted by molar-refractivity contribution is 6.30. The number of carbonyl (C=O) groups is 2. The number of carboxylic acids is 1. The van der Waals surface area contributed by atoms with Crippen LogP contribution in [0, 0.1) is 0 Å². The number of aromatic nitrogens is 1. The molecular weight excluding hydrogens is 432 g/mol. The molecule has 0 spiro atoms. The van der Waals surface area contributed by atoms with E-state index >= 15 is 0 Å². The number of aryl methyl sites for hydroxylation is 1. The predicted octanol–water partition coefficient (Wildman–Crippen LogP) is 4.12. The van der Waals surface area contributed by atoms with Crippen LogP contribution in [0.4, 0.5) is 0 Å². The third-order valence-electron chi connectivity index (χ3n) is 5.01. The van der Waals surface area contributed by atoms with Crippen LogP contribution in [0.2, 0.25) is 5.02 Å². The Labute approximate surface area is 191 Å². The highest BCUT2D eigenvalue weighted by Crippen LogP contribution is 2.23. The summed E-state index contributed by atoms with van der Waals surface area (Å²) in [5.41, 5.74) is 3.51. The van der Waals surface area contributed by atoms with Gasteiger partial charge in [0.1, 0.15) is 0 Å². The third-order valence-corrected chi connectivity index (χ3v) is 5.25. The topological polar surface area (TPSA) is 113 Å². The fourth-order valence-corrected chi connectivity index (χ4v) is 3.59. The molecule has 0 saturated carbocycles. The Kier molecular flexibility index (Phi) is 8.03. The molecule has 1 amide bonds. The number of carbonyl (C=O) groups excluding carboxylic acids is 1. The highest BCUT2D eigenvalue weighted by Gasteiger charge is 2.24. The minimum atomic E-state index is -1.60. The van der Waals surface area contributed by atoms with Gasteiger partial charge in [-0.15, -0.1) is 0 Å². The predicted molar refractivity (Wildman–Crippen MR) is 121 cm³/mol. The van der Waals surface area contributed by atoms with E-state index in [0.717, 1.165) is 23.1 Å². The minimum absolute atomic E-state index is 0.0552. The van der Waals surface area contributed by atoms with Gasteiger partial charge < -0.3 is 20.1 Å². The lowest BCUT2D eigenvalue weighted by atomic mass is 9.97. The van der Waals surface area contributed by atoms with Gasteiger partial charge in [-0.25, -0.2) is 4.79 Å². The molecule has 8 heteroatoms. The van der Waals surface area contributed by atoms with Gasteiger partial charge in [0.2, 0.25) is 5.76 Å². The Morgan fingerprint density at radius 1 is 1.12 bits per heavy atom. The number of nitrogens with one attached hydrogen (secondary N) is 1. The van der Waals surface area contributed by atoms with Gasteiger partial charge in [0.15, 0.2) is 6.10 Å². The Morgan fingerprint density at radius 2 is 1.88 bits per heavy atom. The maximum absolute atomic E-state index is 12.6. The molecular formula is C24H25ClN2O5. The third kappa shape index (κ3) is 6.42. The van der Waals surface area contributed by atoms with E-state index in [2.05, 4.69) is 10.5 Å². The van der Waals surface area contributed by atoms with Crippen molar-refractivity contribution in [3.63, 3.8) is 0 Å². The molecule has 0 aliphatic carbocycles. The van der Waals surface area contributed by atoms with Crippen molar-refractivity contribution < 1.29 is 24.3 Å². The lowest BCUT2D eigenvalue weighted by Crippen LogP contribution is -2.40. The van der Waals surface area contributed by atoms with E-state index in [9.17, 15) is 14.7 Å². The van der Waals surface area contributed by atoms with Gasteiger partial charge in [-0.2, -0.15) is 0 Å². The second kappa shape index (κ2) is 10.9. The number of benzene rings is 2. The standard InChI is InChI=1S/C24H25ClN2O5/c1-2-4-19-14-22(32-27-19)23(29)26-20(13-21(28)24(30)31)11-15-7-9-16(10-8-15)17-5-3-6-18(25)12-17/h3,5-10,12,14,20-21,28H,2,4,11,13H2,1H3,(H,26,29)(H,30,31)/t20-,21-/m1/s1. The quantitative estimate of drug-likeness (QED) is 0.423. The van der Waals surface area contributed by atoms with E-state index in [4.69, 9.17) is 21.2 Å². The summed E-state index contributed by atoms with van der Waals surface area (Å²) in [6.07, 6.45) is 0.148. The maximum atomic E-state index is 12.6. The van der Waals surface area contributed by atoms with Crippen molar-refractivity contribution >= 4 is 23.5 Å². The molecule has 3 rings (SSSR count). The number of carboxylic acid groups (broad SMARTS) is 1. The van der Waals surface area contributed by atoms with Crippen LogP contribution in [0.15, 0.2) is 59.1 Å². The van der Waals surface area contributed by atoms with Crippen molar-refractivity contribution in [2.24, 2.45) is 0 Å². The van der Waals surface area contributed by atoms with Crippen LogP contribution >= 0.6 is 11.6 Å². The first kappa shape index (κ1) is 23.5. The zero-order chi connectivity index (χ0) is 23.1. The van der Waals surface area contributed by atoms with E-state index in [-0.39, 0.29) is 12.2 Å². The molecule has 2 aromatic carbocycles. The second-order valence-corrected chi connectivity index (χ2v) is 8.04. The molecule has 32 heavy (non-hydrogen) atoms. The van der Waals surface area contributed by atoms with Crippen LogP contribution in [0.5, 0.6) is 0 Å². The number of nitrogens with zero attached hydrogens (tertiary/aromatic N) is 1. The molecule has 0 unspecified atom stereocenters. The summed E-state index contributed by atoms with van der Waals surface area (Å²) in [5.74, 6) is -1.79. The first-order valence-electron chi connectivity index (χ1n) is 10.4. The summed E-state index contributed by atoms with van der Waals surface area (Å²) < 4.78 is 5.11. The van der Waals surface area contributed by atoms with Crippen molar-refractivity contribution in [2.45, 2.75) is 44.8 Å². The molecule has 3 aromatic rings. The monoisotopic (exact) mass is 456 g/mol. The molecule has 0 aliphatic heterocycles. The van der Waals surface area contributed by atoms with Crippen LogP contribution in [0.25, 0.3) is 11.1 Å². The molecule has 0 bridgehead atoms. The Bertz CT molecular complexity index is 1060. The summed E-state index contributed by atoms with van der Waals surface area (Å²) in [6.45, 7) is 2.00. The lowest BCUT2D eigenvalue weighted by molar-refractivity contribution is -0.147. The van der Waals surface area contributed by atoms with Crippen molar-refractivity contribution in [1.29, 1.82) is 0 Å². The van der Waals surface area contributed by atoms with E-state index in [1.54, 1.807) is 12.1 Å². The van der Waals surface area contributed by atoms with Gasteiger partial charge >= 0.3 is 5.97 Å². The van der Waals surface area contributed by atoms with Gasteiger partial charge in [0.25, 0.3) is 5.91 Å². The summed E-state index contributed by atoms with van der Waals surface area (Å²) in [5, 5.41) is 26.2. The van der Waals surface area contributed by atoms with E-state index < -0.39 is 24.0 Å². The van der Waals surface area contributed by atoms with Crippen molar-refractivity contribution in [3.8, 4) is 11.1 Å². The molecule has 1 aromatic heterocycles. The normalized spacial score (nSPS) is 12.8. The average Bonchev–Trinajstić information content (AvgIpc) is 3.23. The number of aliphatic hydroxyl groups excluding tert-OH is 1. The van der Waals surface area contributed by atoms with Crippen LogP contribution in [0.1, 0.15) is 41.6 Å². The maximum Gasteiger partial charge on any atom is 0.332 e. The lowest BCUT2D eigenvalue weighted by Gasteiger charge is -2.20. The van der Waals surface area contributed by atoms with E-state index in [1.165, 1.54) is 0 Å². The molecule has 0 fully saturated rings. The zero-order valence-corrected chi connectivity index (χ0v) is 18.4. The average molecular weight is 457 g/mol. The minimum Gasteiger partial charge on any atom is -0.479 e. The molecule has 0 radical (unpaired) electrons. The van der Waals surface area contributed by atoms with Crippen LogP contribution in [0.3, 0.4) is 0 Å². The number of hydrogen-bond acceptors (Lipinski definition) is 5. The highest BCUT2D eigenvalue weighted by atomic mass is 35.5. The molecule has 0 saturated heterocycles. The number of halogens is 1. The van der Waals surface area contributed by atoms with Crippen molar-refractivity contribution in [2.75, 3.05) is 0 Å². The number of rotatable bonds is 10. The Morgan fingerprint density at radius 3 is 2.53 bits per heavy atom. The fraction of sp³-hybridized carbons (Fsp3) is 0.292. The second-order valence-electron chi connectivity index (χ2n) is 7.60. The molecule has 0 aliphatic rings. The van der Waals surface area contributed by atoms with Gasteiger partial charge in [-0.3, -0.25) is 4.79 Å². The molecule has 1 heterocycles. The van der Waals surface area contributed by atoms with E-state index in [1.807, 2.05) is 49.4 Å².